The normalized spacial score (nSPS) is 11.3. The summed E-state index contributed by atoms with van der Waals surface area (Å²) >= 11 is 0. The van der Waals surface area contributed by atoms with E-state index in [4.69, 9.17) is 0 Å². The van der Waals surface area contributed by atoms with Crippen LogP contribution in [0.15, 0.2) is 24.3 Å². The number of hydrogen-bond acceptors (Lipinski definition) is 1. The Kier molecular flexibility index (Phi) is 6.68. The van der Waals surface area contributed by atoms with Crippen LogP contribution >= 0.6 is 0 Å². The molecule has 0 bridgehead atoms. The fraction of sp³-hybridized carbons (Fsp3) is 0.500. The molecule has 0 spiro atoms. The van der Waals surface area contributed by atoms with E-state index >= 15 is 0 Å². The van der Waals surface area contributed by atoms with Crippen molar-refractivity contribution in [1.82, 2.24) is 0 Å². The second kappa shape index (κ2) is 7.22. The maximum absolute atomic E-state index is 11.1. The fourth-order valence-electron chi connectivity index (χ4n) is 1.30. The van der Waals surface area contributed by atoms with Crippen LogP contribution in [0.4, 0.5) is 0 Å². The summed E-state index contributed by atoms with van der Waals surface area (Å²) in [4.78, 5) is 11.1. The molecule has 0 saturated carbocycles. The van der Waals surface area contributed by atoms with Crippen LogP contribution in [0.25, 0.3) is 0 Å². The van der Waals surface area contributed by atoms with Crippen molar-refractivity contribution in [1.29, 1.82) is 0 Å². The van der Waals surface area contributed by atoms with Crippen molar-refractivity contribution in [2.24, 2.45) is 0 Å². The first-order chi connectivity index (χ1) is 7.15. The number of rotatable bonds is 3. The zero-order valence-corrected chi connectivity index (χ0v) is 10.5. The first kappa shape index (κ1) is 13.9. The molecular weight excluding hydrogens is 184 g/mol. The van der Waals surface area contributed by atoms with Crippen LogP contribution in [0.5, 0.6) is 0 Å². The van der Waals surface area contributed by atoms with Gasteiger partial charge in [-0.3, -0.25) is 4.79 Å². The van der Waals surface area contributed by atoms with E-state index in [1.165, 1.54) is 5.56 Å². The fourth-order valence-corrected chi connectivity index (χ4v) is 1.30. The molecular formula is C14H22O. The third-order valence-electron chi connectivity index (χ3n) is 2.47. The molecule has 1 aromatic carbocycles. The van der Waals surface area contributed by atoms with Gasteiger partial charge in [0, 0.05) is 5.56 Å². The third-order valence-corrected chi connectivity index (χ3v) is 2.47. The molecule has 0 N–H and O–H groups in total. The minimum Gasteiger partial charge on any atom is -0.295 e. The van der Waals surface area contributed by atoms with Crippen LogP contribution in [0.3, 0.4) is 0 Å². The lowest BCUT2D eigenvalue weighted by molar-refractivity contribution is 0.101. The Bertz CT molecular complexity index is 302. The highest BCUT2D eigenvalue weighted by atomic mass is 16.1. The molecule has 1 aromatic rings. The molecule has 0 aliphatic carbocycles. The van der Waals surface area contributed by atoms with Gasteiger partial charge in [-0.15, -0.1) is 0 Å². The first-order valence-corrected chi connectivity index (χ1v) is 5.76. The summed E-state index contributed by atoms with van der Waals surface area (Å²) in [5.41, 5.74) is 2.08. The maximum atomic E-state index is 11.1. The van der Waals surface area contributed by atoms with E-state index in [1.807, 2.05) is 32.0 Å². The Balaban J connectivity index is 0.000000921. The minimum atomic E-state index is 0.144. The standard InChI is InChI=1S/C12H16O.C2H6/c1-4-9(2)11-6-5-7-12(8-11)10(3)13;1-2/h5-9H,4H2,1-3H3;1-2H3. The molecule has 0 heterocycles. The van der Waals surface area contributed by atoms with Crippen molar-refractivity contribution < 1.29 is 4.79 Å². The molecule has 0 amide bonds. The molecule has 1 nitrogen and oxygen atoms in total. The average Bonchev–Trinajstić information content (AvgIpc) is 2.30. The minimum absolute atomic E-state index is 0.144. The molecule has 1 atom stereocenters. The Morgan fingerprint density at radius 2 is 1.93 bits per heavy atom. The predicted molar refractivity (Wildman–Crippen MR) is 66.5 cm³/mol. The Morgan fingerprint density at radius 1 is 1.33 bits per heavy atom. The van der Waals surface area contributed by atoms with Gasteiger partial charge in [0.25, 0.3) is 0 Å². The van der Waals surface area contributed by atoms with Crippen molar-refractivity contribution in [3.63, 3.8) is 0 Å². The van der Waals surface area contributed by atoms with Gasteiger partial charge in [-0.1, -0.05) is 45.9 Å². The summed E-state index contributed by atoms with van der Waals surface area (Å²) < 4.78 is 0. The van der Waals surface area contributed by atoms with Gasteiger partial charge >= 0.3 is 0 Å². The zero-order chi connectivity index (χ0) is 11.8. The van der Waals surface area contributed by atoms with Gasteiger partial charge in [-0.2, -0.15) is 0 Å². The quantitative estimate of drug-likeness (QED) is 0.669. The van der Waals surface area contributed by atoms with Crippen LogP contribution in [0, 0.1) is 0 Å². The maximum Gasteiger partial charge on any atom is 0.159 e. The molecule has 0 saturated heterocycles. The lowest BCUT2D eigenvalue weighted by Gasteiger charge is -2.09. The van der Waals surface area contributed by atoms with Gasteiger partial charge < -0.3 is 0 Å². The van der Waals surface area contributed by atoms with E-state index in [0.29, 0.717) is 5.92 Å². The summed E-state index contributed by atoms with van der Waals surface area (Å²) in [6, 6.07) is 7.91. The van der Waals surface area contributed by atoms with Crippen LogP contribution in [-0.4, -0.2) is 5.78 Å². The number of carbonyl (C=O) groups is 1. The molecule has 0 aliphatic rings. The molecule has 0 aliphatic heterocycles. The summed E-state index contributed by atoms with van der Waals surface area (Å²) in [5.74, 6) is 0.685. The molecule has 0 aromatic heterocycles. The Labute approximate surface area is 93.5 Å². The highest BCUT2D eigenvalue weighted by Crippen LogP contribution is 2.19. The highest BCUT2D eigenvalue weighted by molar-refractivity contribution is 5.94. The van der Waals surface area contributed by atoms with Gasteiger partial charge in [0.2, 0.25) is 0 Å². The molecule has 0 radical (unpaired) electrons. The zero-order valence-electron chi connectivity index (χ0n) is 10.5. The van der Waals surface area contributed by atoms with E-state index in [2.05, 4.69) is 19.9 Å². The van der Waals surface area contributed by atoms with Crippen molar-refractivity contribution in [3.05, 3.63) is 35.4 Å². The Hall–Kier alpha value is -1.11. The van der Waals surface area contributed by atoms with Gasteiger partial charge in [0.15, 0.2) is 5.78 Å². The van der Waals surface area contributed by atoms with Gasteiger partial charge in [-0.25, -0.2) is 0 Å². The number of benzene rings is 1. The van der Waals surface area contributed by atoms with E-state index in [1.54, 1.807) is 6.92 Å². The van der Waals surface area contributed by atoms with Crippen molar-refractivity contribution >= 4 is 5.78 Å². The molecule has 84 valence electrons. The lowest BCUT2D eigenvalue weighted by atomic mass is 9.96. The molecule has 1 unspecified atom stereocenters. The summed E-state index contributed by atoms with van der Waals surface area (Å²) in [5, 5.41) is 0. The number of Topliss-reactive ketones (excluding diaryl/α,β-unsaturated/α-hetero) is 1. The van der Waals surface area contributed by atoms with Crippen molar-refractivity contribution in [3.8, 4) is 0 Å². The molecule has 15 heavy (non-hydrogen) atoms. The average molecular weight is 206 g/mol. The molecule has 1 heteroatoms. The topological polar surface area (TPSA) is 17.1 Å². The predicted octanol–water partition coefficient (Wildman–Crippen LogP) is 4.43. The van der Waals surface area contributed by atoms with E-state index in [9.17, 15) is 4.79 Å². The number of carbonyl (C=O) groups excluding carboxylic acids is 1. The van der Waals surface area contributed by atoms with Crippen molar-refractivity contribution in [2.45, 2.75) is 47.0 Å². The monoisotopic (exact) mass is 206 g/mol. The highest BCUT2D eigenvalue weighted by Gasteiger charge is 2.04. The smallest absolute Gasteiger partial charge is 0.159 e. The second-order valence-electron chi connectivity index (χ2n) is 3.49. The molecule has 0 fully saturated rings. The van der Waals surface area contributed by atoms with E-state index in [-0.39, 0.29) is 5.78 Å². The summed E-state index contributed by atoms with van der Waals surface area (Å²) in [6.07, 6.45) is 1.11. The molecule has 1 rings (SSSR count). The Morgan fingerprint density at radius 3 is 2.40 bits per heavy atom. The summed E-state index contributed by atoms with van der Waals surface area (Å²) in [6.45, 7) is 9.94. The number of hydrogen-bond donors (Lipinski definition) is 0. The van der Waals surface area contributed by atoms with E-state index in [0.717, 1.165) is 12.0 Å². The van der Waals surface area contributed by atoms with Crippen LogP contribution in [0.2, 0.25) is 0 Å². The van der Waals surface area contributed by atoms with Crippen LogP contribution in [-0.2, 0) is 0 Å². The second-order valence-corrected chi connectivity index (χ2v) is 3.49. The lowest BCUT2D eigenvalue weighted by Crippen LogP contribution is -1.96. The van der Waals surface area contributed by atoms with E-state index < -0.39 is 0 Å². The van der Waals surface area contributed by atoms with Crippen molar-refractivity contribution in [2.75, 3.05) is 0 Å². The SMILES string of the molecule is CC.CCC(C)c1cccc(C(C)=O)c1. The number of ketones is 1. The largest absolute Gasteiger partial charge is 0.295 e. The summed E-state index contributed by atoms with van der Waals surface area (Å²) in [7, 11) is 0. The first-order valence-electron chi connectivity index (χ1n) is 5.76. The van der Waals surface area contributed by atoms with Crippen LogP contribution < -0.4 is 0 Å². The third kappa shape index (κ3) is 4.28. The van der Waals surface area contributed by atoms with Crippen LogP contribution in [0.1, 0.15) is 62.9 Å². The van der Waals surface area contributed by atoms with Gasteiger partial charge in [0.1, 0.15) is 0 Å². The van der Waals surface area contributed by atoms with Gasteiger partial charge in [-0.05, 0) is 30.9 Å². The van der Waals surface area contributed by atoms with Gasteiger partial charge in [0.05, 0.1) is 0 Å².